The standard InChI is InChI=1S/C19H21FN4OS/c1-10-11(2)26-19-17(10)18(25)22-16(23-19)9-24-8-12(7-21)5-13-6-14(20)3-4-15(13)24/h3-4,6,12H,5,7-9,21H2,1-2H3,(H,22,23,25). The van der Waals surface area contributed by atoms with E-state index in [9.17, 15) is 9.18 Å². The first-order chi connectivity index (χ1) is 12.5. The van der Waals surface area contributed by atoms with Crippen molar-refractivity contribution < 1.29 is 4.39 Å². The van der Waals surface area contributed by atoms with Gasteiger partial charge in [-0.25, -0.2) is 9.37 Å². The number of fused-ring (bicyclic) bond motifs is 2. The van der Waals surface area contributed by atoms with Gasteiger partial charge in [0, 0.05) is 17.1 Å². The first-order valence-corrected chi connectivity index (χ1v) is 9.50. The summed E-state index contributed by atoms with van der Waals surface area (Å²) in [6.45, 7) is 5.72. The van der Waals surface area contributed by atoms with Crippen LogP contribution in [0.4, 0.5) is 10.1 Å². The molecule has 0 saturated carbocycles. The summed E-state index contributed by atoms with van der Waals surface area (Å²) in [6, 6.07) is 4.85. The molecule has 1 aromatic carbocycles. The van der Waals surface area contributed by atoms with E-state index < -0.39 is 0 Å². The number of aromatic nitrogens is 2. The topological polar surface area (TPSA) is 75.0 Å². The fourth-order valence-electron chi connectivity index (χ4n) is 3.67. The maximum absolute atomic E-state index is 13.6. The molecule has 136 valence electrons. The molecular weight excluding hydrogens is 351 g/mol. The van der Waals surface area contributed by atoms with Crippen LogP contribution in [0.15, 0.2) is 23.0 Å². The molecule has 26 heavy (non-hydrogen) atoms. The van der Waals surface area contributed by atoms with Crippen molar-refractivity contribution >= 4 is 27.2 Å². The predicted octanol–water partition coefficient (Wildman–Crippen LogP) is 2.88. The SMILES string of the molecule is Cc1sc2nc(CN3CC(CN)Cc4cc(F)ccc43)[nH]c(=O)c2c1C. The molecule has 1 aliphatic heterocycles. The van der Waals surface area contributed by atoms with Gasteiger partial charge in [-0.05, 0) is 62.1 Å². The molecule has 2 aromatic heterocycles. The van der Waals surface area contributed by atoms with E-state index in [1.165, 1.54) is 6.07 Å². The summed E-state index contributed by atoms with van der Waals surface area (Å²) in [6.07, 6.45) is 0.770. The fraction of sp³-hybridized carbons (Fsp3) is 0.368. The Morgan fingerprint density at radius 1 is 1.42 bits per heavy atom. The molecule has 1 unspecified atom stereocenters. The number of nitrogens with zero attached hydrogens (tertiary/aromatic N) is 2. The van der Waals surface area contributed by atoms with Gasteiger partial charge in [0.15, 0.2) is 0 Å². The number of halogens is 1. The molecule has 3 aromatic rings. The smallest absolute Gasteiger partial charge is 0.259 e. The summed E-state index contributed by atoms with van der Waals surface area (Å²) in [5.41, 5.74) is 8.71. The maximum atomic E-state index is 13.6. The van der Waals surface area contributed by atoms with Crippen molar-refractivity contribution in [1.82, 2.24) is 9.97 Å². The summed E-state index contributed by atoms with van der Waals surface area (Å²) < 4.78 is 13.6. The summed E-state index contributed by atoms with van der Waals surface area (Å²) >= 11 is 1.54. The Labute approximate surface area is 154 Å². The highest BCUT2D eigenvalue weighted by Crippen LogP contribution is 2.31. The zero-order valence-electron chi connectivity index (χ0n) is 14.8. The minimum atomic E-state index is -0.237. The second-order valence-electron chi connectivity index (χ2n) is 6.94. The summed E-state index contributed by atoms with van der Waals surface area (Å²) in [7, 11) is 0. The number of hydrogen-bond acceptors (Lipinski definition) is 5. The van der Waals surface area contributed by atoms with Crippen LogP contribution in [0.1, 0.15) is 21.8 Å². The molecule has 0 fully saturated rings. The summed E-state index contributed by atoms with van der Waals surface area (Å²) in [5.74, 6) is 0.640. The van der Waals surface area contributed by atoms with Gasteiger partial charge >= 0.3 is 0 Å². The Balaban J connectivity index is 1.73. The van der Waals surface area contributed by atoms with E-state index in [2.05, 4.69) is 14.9 Å². The predicted molar refractivity (Wildman–Crippen MR) is 103 cm³/mol. The molecule has 0 amide bonds. The Hall–Kier alpha value is -2.25. The average Bonchev–Trinajstić information content (AvgIpc) is 2.88. The molecular formula is C19H21FN4OS. The van der Waals surface area contributed by atoms with Crippen LogP contribution in [0.3, 0.4) is 0 Å². The minimum absolute atomic E-state index is 0.0986. The van der Waals surface area contributed by atoms with Crippen LogP contribution in [0.2, 0.25) is 0 Å². The number of hydrogen-bond donors (Lipinski definition) is 2. The van der Waals surface area contributed by atoms with Gasteiger partial charge in [0.05, 0.1) is 11.9 Å². The quantitative estimate of drug-likeness (QED) is 0.741. The number of thiophene rings is 1. The summed E-state index contributed by atoms with van der Waals surface area (Å²) in [5, 5.41) is 0.678. The fourth-order valence-corrected chi connectivity index (χ4v) is 4.72. The third kappa shape index (κ3) is 2.91. The molecule has 0 bridgehead atoms. The molecule has 3 N–H and O–H groups in total. The molecule has 0 saturated heterocycles. The van der Waals surface area contributed by atoms with Crippen molar-refractivity contribution in [2.24, 2.45) is 11.7 Å². The Bertz CT molecular complexity index is 1040. The normalized spacial score (nSPS) is 16.9. The minimum Gasteiger partial charge on any atom is -0.363 e. The van der Waals surface area contributed by atoms with Crippen molar-refractivity contribution in [2.75, 3.05) is 18.0 Å². The van der Waals surface area contributed by atoms with E-state index in [1.807, 2.05) is 13.8 Å². The molecule has 0 radical (unpaired) electrons. The van der Waals surface area contributed by atoms with Crippen LogP contribution < -0.4 is 16.2 Å². The van der Waals surface area contributed by atoms with Gasteiger partial charge in [-0.1, -0.05) is 0 Å². The van der Waals surface area contributed by atoms with Crippen LogP contribution in [0.25, 0.3) is 10.2 Å². The van der Waals surface area contributed by atoms with Crippen LogP contribution in [-0.4, -0.2) is 23.1 Å². The third-order valence-corrected chi connectivity index (χ3v) is 6.23. The van der Waals surface area contributed by atoms with Crippen molar-refractivity contribution in [3.8, 4) is 0 Å². The Morgan fingerprint density at radius 2 is 2.23 bits per heavy atom. The lowest BCUT2D eigenvalue weighted by molar-refractivity contribution is 0.491. The van der Waals surface area contributed by atoms with Gasteiger partial charge in [-0.2, -0.15) is 0 Å². The molecule has 0 spiro atoms. The van der Waals surface area contributed by atoms with Gasteiger partial charge in [0.25, 0.3) is 5.56 Å². The average molecular weight is 372 g/mol. The van der Waals surface area contributed by atoms with Gasteiger partial charge in [0.1, 0.15) is 16.5 Å². The molecule has 4 rings (SSSR count). The molecule has 0 aliphatic carbocycles. The van der Waals surface area contributed by atoms with Gasteiger partial charge < -0.3 is 15.6 Å². The van der Waals surface area contributed by atoms with Crippen molar-refractivity contribution in [3.63, 3.8) is 0 Å². The van der Waals surface area contributed by atoms with Crippen LogP contribution >= 0.6 is 11.3 Å². The lowest BCUT2D eigenvalue weighted by Crippen LogP contribution is -2.39. The van der Waals surface area contributed by atoms with E-state index in [4.69, 9.17) is 5.73 Å². The lowest BCUT2D eigenvalue weighted by atomic mass is 9.92. The number of aryl methyl sites for hydroxylation is 2. The van der Waals surface area contributed by atoms with Gasteiger partial charge in [-0.3, -0.25) is 4.79 Å². The second-order valence-corrected chi connectivity index (χ2v) is 8.14. The number of nitrogens with two attached hydrogens (primary N) is 1. The number of H-pyrrole nitrogens is 1. The highest BCUT2D eigenvalue weighted by Gasteiger charge is 2.25. The van der Waals surface area contributed by atoms with E-state index in [0.717, 1.165) is 39.5 Å². The summed E-state index contributed by atoms with van der Waals surface area (Å²) in [4.78, 5) is 24.1. The van der Waals surface area contributed by atoms with Crippen molar-refractivity contribution in [3.05, 3.63) is 56.2 Å². The van der Waals surface area contributed by atoms with Crippen LogP contribution in [0.5, 0.6) is 0 Å². The van der Waals surface area contributed by atoms with E-state index in [-0.39, 0.29) is 17.3 Å². The monoisotopic (exact) mass is 372 g/mol. The first kappa shape index (κ1) is 17.2. The number of aromatic amines is 1. The molecule has 1 aliphatic rings. The first-order valence-electron chi connectivity index (χ1n) is 8.68. The lowest BCUT2D eigenvalue weighted by Gasteiger charge is -2.35. The number of anilines is 1. The number of nitrogens with one attached hydrogen (secondary N) is 1. The van der Waals surface area contributed by atoms with Gasteiger partial charge in [-0.15, -0.1) is 11.3 Å². The number of benzene rings is 1. The van der Waals surface area contributed by atoms with E-state index >= 15 is 0 Å². The molecule has 3 heterocycles. The molecule has 1 atom stereocenters. The van der Waals surface area contributed by atoms with Crippen LogP contribution in [-0.2, 0) is 13.0 Å². The van der Waals surface area contributed by atoms with Crippen molar-refractivity contribution in [1.29, 1.82) is 0 Å². The van der Waals surface area contributed by atoms with E-state index in [0.29, 0.717) is 24.3 Å². The number of rotatable bonds is 3. The zero-order chi connectivity index (χ0) is 18.4. The maximum Gasteiger partial charge on any atom is 0.259 e. The van der Waals surface area contributed by atoms with Crippen molar-refractivity contribution in [2.45, 2.75) is 26.8 Å². The molecule has 7 heteroatoms. The Morgan fingerprint density at radius 3 is 3.00 bits per heavy atom. The second kappa shape index (κ2) is 6.48. The van der Waals surface area contributed by atoms with E-state index in [1.54, 1.807) is 23.5 Å². The van der Waals surface area contributed by atoms with Gasteiger partial charge in [0.2, 0.25) is 0 Å². The third-order valence-electron chi connectivity index (χ3n) is 5.13. The van der Waals surface area contributed by atoms with Crippen LogP contribution in [0, 0.1) is 25.6 Å². The zero-order valence-corrected chi connectivity index (χ0v) is 15.6. The highest BCUT2D eigenvalue weighted by atomic mass is 32.1. The Kier molecular flexibility index (Phi) is 4.28. The highest BCUT2D eigenvalue weighted by molar-refractivity contribution is 7.18. The largest absolute Gasteiger partial charge is 0.363 e. The molecule has 5 nitrogen and oxygen atoms in total.